The number of rotatable bonds is 8. The molecule has 0 fully saturated rings. The number of nitrogens with one attached hydrogen (secondary N) is 1. The minimum Gasteiger partial charge on any atom is -0.425 e. The number of nitrogens with two attached hydrogens (primary N) is 1. The topological polar surface area (TPSA) is 81.4 Å². The Labute approximate surface area is 171 Å². The molecule has 0 heterocycles. The van der Waals surface area contributed by atoms with E-state index in [1.54, 1.807) is 25.1 Å². The SMILES string of the molecule is Cc1cc(Cl)ccc1OC(=O)[C@H](CC(C)C)NC(=O)[C@@H](N)Cc1ccccc1. The highest BCUT2D eigenvalue weighted by atomic mass is 35.5. The van der Waals surface area contributed by atoms with E-state index >= 15 is 0 Å². The lowest BCUT2D eigenvalue weighted by Gasteiger charge is -2.22. The molecule has 28 heavy (non-hydrogen) atoms. The third kappa shape index (κ3) is 6.66. The zero-order chi connectivity index (χ0) is 20.7. The van der Waals surface area contributed by atoms with Crippen LogP contribution in [0.25, 0.3) is 0 Å². The van der Waals surface area contributed by atoms with Crippen molar-refractivity contribution >= 4 is 23.5 Å². The summed E-state index contributed by atoms with van der Waals surface area (Å²) in [6.45, 7) is 5.76. The number of ether oxygens (including phenoxy) is 1. The lowest BCUT2D eigenvalue weighted by molar-refractivity contribution is -0.140. The highest BCUT2D eigenvalue weighted by Crippen LogP contribution is 2.22. The fourth-order valence-electron chi connectivity index (χ4n) is 2.83. The Morgan fingerprint density at radius 2 is 1.82 bits per heavy atom. The normalized spacial score (nSPS) is 13.1. The number of halogens is 1. The second kappa shape index (κ2) is 10.2. The maximum absolute atomic E-state index is 12.7. The standard InChI is InChI=1S/C22H27ClN2O3/c1-14(2)11-19(22(27)28-20-10-9-17(23)12-15(20)3)25-21(26)18(24)13-16-7-5-4-6-8-16/h4-10,12,14,18-19H,11,13,24H2,1-3H3,(H,25,26)/t18-,19-/m0/s1. The zero-order valence-electron chi connectivity index (χ0n) is 16.4. The van der Waals surface area contributed by atoms with Gasteiger partial charge in [-0.3, -0.25) is 4.79 Å². The number of benzene rings is 2. The molecule has 2 aromatic carbocycles. The van der Waals surface area contributed by atoms with Gasteiger partial charge in [0.25, 0.3) is 0 Å². The van der Waals surface area contributed by atoms with Gasteiger partial charge in [-0.25, -0.2) is 4.79 Å². The van der Waals surface area contributed by atoms with E-state index in [1.165, 1.54) is 0 Å². The molecule has 5 nitrogen and oxygen atoms in total. The smallest absolute Gasteiger partial charge is 0.334 e. The fourth-order valence-corrected chi connectivity index (χ4v) is 3.06. The number of hydrogen-bond acceptors (Lipinski definition) is 4. The van der Waals surface area contributed by atoms with E-state index in [0.29, 0.717) is 23.6 Å². The van der Waals surface area contributed by atoms with E-state index in [0.717, 1.165) is 11.1 Å². The first-order chi connectivity index (χ1) is 13.3. The molecule has 0 unspecified atom stereocenters. The first-order valence-corrected chi connectivity index (χ1v) is 9.71. The fraction of sp³-hybridized carbons (Fsp3) is 0.364. The first-order valence-electron chi connectivity index (χ1n) is 9.34. The lowest BCUT2D eigenvalue weighted by atomic mass is 10.0. The number of esters is 1. The Hall–Kier alpha value is -2.37. The molecule has 0 aliphatic carbocycles. The molecule has 0 spiro atoms. The summed E-state index contributed by atoms with van der Waals surface area (Å²) in [6.07, 6.45) is 0.849. The monoisotopic (exact) mass is 402 g/mol. The number of amides is 1. The van der Waals surface area contributed by atoms with Crippen molar-refractivity contribution in [3.8, 4) is 5.75 Å². The molecule has 2 aromatic rings. The summed E-state index contributed by atoms with van der Waals surface area (Å²) < 4.78 is 5.51. The Morgan fingerprint density at radius 1 is 1.14 bits per heavy atom. The second-order valence-electron chi connectivity index (χ2n) is 7.32. The van der Waals surface area contributed by atoms with Crippen molar-refractivity contribution in [2.45, 2.75) is 45.7 Å². The zero-order valence-corrected chi connectivity index (χ0v) is 17.2. The number of aryl methyl sites for hydroxylation is 1. The van der Waals surface area contributed by atoms with Crippen LogP contribution in [0.15, 0.2) is 48.5 Å². The Kier molecular flexibility index (Phi) is 8.03. The molecule has 0 aliphatic heterocycles. The predicted molar refractivity (Wildman–Crippen MR) is 111 cm³/mol. The summed E-state index contributed by atoms with van der Waals surface area (Å²) in [5.41, 5.74) is 7.75. The van der Waals surface area contributed by atoms with Crippen LogP contribution in [0.3, 0.4) is 0 Å². The molecular weight excluding hydrogens is 376 g/mol. The molecule has 6 heteroatoms. The van der Waals surface area contributed by atoms with E-state index in [9.17, 15) is 9.59 Å². The van der Waals surface area contributed by atoms with Crippen LogP contribution in [0, 0.1) is 12.8 Å². The van der Waals surface area contributed by atoms with Crippen LogP contribution in [-0.2, 0) is 16.0 Å². The van der Waals surface area contributed by atoms with Gasteiger partial charge in [0.2, 0.25) is 5.91 Å². The first kappa shape index (κ1) is 21.9. The highest BCUT2D eigenvalue weighted by molar-refractivity contribution is 6.30. The van der Waals surface area contributed by atoms with Crippen LogP contribution in [0.4, 0.5) is 0 Å². The van der Waals surface area contributed by atoms with E-state index in [4.69, 9.17) is 22.1 Å². The van der Waals surface area contributed by atoms with Crippen molar-refractivity contribution in [2.24, 2.45) is 11.7 Å². The Balaban J connectivity index is 2.05. The molecule has 0 aliphatic rings. The van der Waals surface area contributed by atoms with Gasteiger partial charge in [0.15, 0.2) is 0 Å². The molecule has 1 amide bonds. The Bertz CT molecular complexity index is 809. The van der Waals surface area contributed by atoms with E-state index in [1.807, 2.05) is 44.2 Å². The Morgan fingerprint density at radius 3 is 2.43 bits per heavy atom. The van der Waals surface area contributed by atoms with Gasteiger partial charge in [-0.2, -0.15) is 0 Å². The van der Waals surface area contributed by atoms with Crippen LogP contribution < -0.4 is 15.8 Å². The molecule has 0 bridgehead atoms. The van der Waals surface area contributed by atoms with Gasteiger partial charge in [0, 0.05) is 5.02 Å². The van der Waals surface area contributed by atoms with Gasteiger partial charge in [0.05, 0.1) is 6.04 Å². The second-order valence-corrected chi connectivity index (χ2v) is 7.75. The predicted octanol–water partition coefficient (Wildman–Crippen LogP) is 3.65. The number of hydrogen-bond donors (Lipinski definition) is 2. The molecule has 2 atom stereocenters. The van der Waals surface area contributed by atoms with Crippen molar-refractivity contribution < 1.29 is 14.3 Å². The molecule has 0 radical (unpaired) electrons. The molecule has 0 saturated heterocycles. The van der Waals surface area contributed by atoms with Crippen molar-refractivity contribution in [3.63, 3.8) is 0 Å². The molecule has 0 saturated carbocycles. The molecule has 0 aromatic heterocycles. The van der Waals surface area contributed by atoms with Crippen LogP contribution in [0.1, 0.15) is 31.4 Å². The minimum absolute atomic E-state index is 0.189. The molecule has 2 rings (SSSR count). The molecular formula is C22H27ClN2O3. The average molecular weight is 403 g/mol. The van der Waals surface area contributed by atoms with Crippen LogP contribution >= 0.6 is 11.6 Å². The maximum Gasteiger partial charge on any atom is 0.334 e. The summed E-state index contributed by atoms with van der Waals surface area (Å²) in [5.74, 6) is -0.279. The lowest BCUT2D eigenvalue weighted by Crippen LogP contribution is -2.50. The van der Waals surface area contributed by atoms with Gasteiger partial charge < -0.3 is 15.8 Å². The van der Waals surface area contributed by atoms with E-state index < -0.39 is 18.1 Å². The summed E-state index contributed by atoms with van der Waals surface area (Å²) in [5, 5.41) is 3.32. The number of carbonyl (C=O) groups excluding carboxylic acids is 2. The third-order valence-electron chi connectivity index (χ3n) is 4.29. The van der Waals surface area contributed by atoms with Crippen LogP contribution in [0.5, 0.6) is 5.75 Å². The van der Waals surface area contributed by atoms with Gasteiger partial charge in [-0.15, -0.1) is 0 Å². The van der Waals surface area contributed by atoms with Crippen molar-refractivity contribution in [1.29, 1.82) is 0 Å². The van der Waals surface area contributed by atoms with Gasteiger partial charge in [-0.1, -0.05) is 55.8 Å². The average Bonchev–Trinajstić information content (AvgIpc) is 2.63. The largest absolute Gasteiger partial charge is 0.425 e. The number of carbonyl (C=O) groups is 2. The quantitative estimate of drug-likeness (QED) is 0.521. The van der Waals surface area contributed by atoms with E-state index in [2.05, 4.69) is 5.32 Å². The summed E-state index contributed by atoms with van der Waals surface area (Å²) in [4.78, 5) is 25.2. The van der Waals surface area contributed by atoms with Crippen LogP contribution in [-0.4, -0.2) is 24.0 Å². The third-order valence-corrected chi connectivity index (χ3v) is 4.53. The summed E-state index contributed by atoms with van der Waals surface area (Å²) in [7, 11) is 0. The minimum atomic E-state index is -0.774. The van der Waals surface area contributed by atoms with Crippen molar-refractivity contribution in [1.82, 2.24) is 5.32 Å². The van der Waals surface area contributed by atoms with Gasteiger partial charge in [-0.05, 0) is 55.0 Å². The van der Waals surface area contributed by atoms with Crippen molar-refractivity contribution in [3.05, 3.63) is 64.7 Å². The molecule has 150 valence electrons. The van der Waals surface area contributed by atoms with Gasteiger partial charge >= 0.3 is 5.97 Å². The van der Waals surface area contributed by atoms with Crippen LogP contribution in [0.2, 0.25) is 5.02 Å². The maximum atomic E-state index is 12.7. The van der Waals surface area contributed by atoms with Crippen molar-refractivity contribution in [2.75, 3.05) is 0 Å². The van der Waals surface area contributed by atoms with E-state index in [-0.39, 0.29) is 11.8 Å². The summed E-state index contributed by atoms with van der Waals surface area (Å²) in [6, 6.07) is 13.0. The van der Waals surface area contributed by atoms with Gasteiger partial charge in [0.1, 0.15) is 11.8 Å². The highest BCUT2D eigenvalue weighted by Gasteiger charge is 2.26. The summed E-state index contributed by atoms with van der Waals surface area (Å²) >= 11 is 5.94. The molecule has 3 N–H and O–H groups in total.